The molecular weight excluding hydrogens is 138 g/mol. The number of hydrogen-bond donors (Lipinski definition) is 1. The van der Waals surface area contributed by atoms with Crippen molar-refractivity contribution in [3.8, 4) is 0 Å². The lowest BCUT2D eigenvalue weighted by atomic mass is 10.3. The lowest BCUT2D eigenvalue weighted by Crippen LogP contribution is -2.10. The Labute approximate surface area is 67.4 Å². The smallest absolute Gasteiger partial charge is 0.0637 e. The van der Waals surface area contributed by atoms with Gasteiger partial charge >= 0.3 is 0 Å². The van der Waals surface area contributed by atoms with Gasteiger partial charge in [-0.15, -0.1) is 0 Å². The summed E-state index contributed by atoms with van der Waals surface area (Å²) in [5.41, 5.74) is 1.17. The zero-order valence-corrected chi connectivity index (χ0v) is 7.17. The van der Waals surface area contributed by atoms with Crippen LogP contribution in [0.1, 0.15) is 12.6 Å². The van der Waals surface area contributed by atoms with Crippen molar-refractivity contribution >= 4 is 0 Å². The van der Waals surface area contributed by atoms with Crippen LogP contribution in [0, 0.1) is 0 Å². The van der Waals surface area contributed by atoms with E-state index in [0.29, 0.717) is 0 Å². The van der Waals surface area contributed by atoms with Gasteiger partial charge in [0.1, 0.15) is 0 Å². The first-order valence-corrected chi connectivity index (χ1v) is 4.03. The van der Waals surface area contributed by atoms with Crippen LogP contribution in [0.15, 0.2) is 12.3 Å². The Bertz CT molecular complexity index is 205. The van der Waals surface area contributed by atoms with Gasteiger partial charge in [-0.1, -0.05) is 0 Å². The van der Waals surface area contributed by atoms with Crippen LogP contribution >= 0.6 is 0 Å². The predicted octanol–water partition coefficient (Wildman–Crippen LogP) is 0.665. The first kappa shape index (κ1) is 8.27. The van der Waals surface area contributed by atoms with E-state index in [2.05, 4.69) is 23.4 Å². The zero-order valence-electron chi connectivity index (χ0n) is 7.17. The highest BCUT2D eigenvalue weighted by Crippen LogP contribution is 1.95. The van der Waals surface area contributed by atoms with Crippen molar-refractivity contribution in [2.75, 3.05) is 13.6 Å². The third-order valence-electron chi connectivity index (χ3n) is 1.65. The molecule has 1 aromatic rings. The summed E-state index contributed by atoms with van der Waals surface area (Å²) in [7, 11) is 1.96. The van der Waals surface area contributed by atoms with E-state index in [1.807, 2.05) is 17.9 Å². The fourth-order valence-corrected chi connectivity index (χ4v) is 0.966. The second-order valence-electron chi connectivity index (χ2n) is 2.52. The van der Waals surface area contributed by atoms with Crippen molar-refractivity contribution in [3.63, 3.8) is 0 Å². The summed E-state index contributed by atoms with van der Waals surface area (Å²) in [6, 6.07) is 2.07. The predicted molar refractivity (Wildman–Crippen MR) is 45.5 cm³/mol. The number of aromatic nitrogens is 2. The fourth-order valence-electron chi connectivity index (χ4n) is 0.966. The molecule has 0 aliphatic rings. The number of aryl methyl sites for hydroxylation is 1. The van der Waals surface area contributed by atoms with Gasteiger partial charge in [0.05, 0.1) is 5.69 Å². The average Bonchev–Trinajstić information content (AvgIpc) is 2.48. The van der Waals surface area contributed by atoms with Crippen LogP contribution in [0.5, 0.6) is 0 Å². The minimum atomic E-state index is 0.958. The molecule has 11 heavy (non-hydrogen) atoms. The van der Waals surface area contributed by atoms with Gasteiger partial charge in [-0.25, -0.2) is 0 Å². The standard InChI is InChI=1S/C8H15N3/c1-3-11-7-5-8(10-11)4-6-9-2/h5,7,9H,3-4,6H2,1-2H3. The summed E-state index contributed by atoms with van der Waals surface area (Å²) in [4.78, 5) is 0. The molecule has 3 nitrogen and oxygen atoms in total. The summed E-state index contributed by atoms with van der Waals surface area (Å²) >= 11 is 0. The van der Waals surface area contributed by atoms with Crippen LogP contribution in [0.2, 0.25) is 0 Å². The summed E-state index contributed by atoms with van der Waals surface area (Å²) in [6.07, 6.45) is 3.04. The Morgan fingerprint density at radius 2 is 2.45 bits per heavy atom. The third-order valence-corrected chi connectivity index (χ3v) is 1.65. The monoisotopic (exact) mass is 153 g/mol. The number of likely N-dealkylation sites (N-methyl/N-ethyl adjacent to an activating group) is 1. The highest BCUT2D eigenvalue weighted by Gasteiger charge is 1.95. The molecule has 0 amide bonds. The van der Waals surface area contributed by atoms with Crippen molar-refractivity contribution < 1.29 is 0 Å². The largest absolute Gasteiger partial charge is 0.319 e. The van der Waals surface area contributed by atoms with Gasteiger partial charge < -0.3 is 5.32 Å². The first-order valence-electron chi connectivity index (χ1n) is 4.03. The SMILES string of the molecule is CCn1ccc(CCNC)n1. The zero-order chi connectivity index (χ0) is 8.10. The quantitative estimate of drug-likeness (QED) is 0.689. The Hall–Kier alpha value is -0.830. The number of nitrogens with zero attached hydrogens (tertiary/aromatic N) is 2. The molecule has 1 heterocycles. The molecule has 0 aromatic carbocycles. The summed E-state index contributed by atoms with van der Waals surface area (Å²) in [5.74, 6) is 0. The lowest BCUT2D eigenvalue weighted by Gasteiger charge is -1.95. The van der Waals surface area contributed by atoms with E-state index in [-0.39, 0.29) is 0 Å². The van der Waals surface area contributed by atoms with Crippen LogP contribution in [0.4, 0.5) is 0 Å². The maximum atomic E-state index is 4.34. The van der Waals surface area contributed by atoms with Crippen LogP contribution in [0.3, 0.4) is 0 Å². The van der Waals surface area contributed by atoms with Gasteiger partial charge in [-0.3, -0.25) is 4.68 Å². The minimum Gasteiger partial charge on any atom is -0.319 e. The fraction of sp³-hybridized carbons (Fsp3) is 0.625. The molecule has 1 N–H and O–H groups in total. The van der Waals surface area contributed by atoms with E-state index < -0.39 is 0 Å². The Morgan fingerprint density at radius 3 is 3.00 bits per heavy atom. The van der Waals surface area contributed by atoms with Crippen LogP contribution in [-0.2, 0) is 13.0 Å². The van der Waals surface area contributed by atoms with Crippen molar-refractivity contribution in [1.29, 1.82) is 0 Å². The third kappa shape index (κ3) is 2.35. The maximum absolute atomic E-state index is 4.34. The van der Waals surface area contributed by atoms with Gasteiger partial charge in [0, 0.05) is 25.7 Å². The number of hydrogen-bond acceptors (Lipinski definition) is 2. The van der Waals surface area contributed by atoms with Crippen molar-refractivity contribution in [1.82, 2.24) is 15.1 Å². The van der Waals surface area contributed by atoms with E-state index in [0.717, 1.165) is 19.5 Å². The van der Waals surface area contributed by atoms with Gasteiger partial charge in [0.2, 0.25) is 0 Å². The minimum absolute atomic E-state index is 0.958. The molecule has 0 radical (unpaired) electrons. The number of nitrogens with one attached hydrogen (secondary N) is 1. The molecule has 0 spiro atoms. The molecule has 0 saturated heterocycles. The molecule has 62 valence electrons. The summed E-state index contributed by atoms with van der Waals surface area (Å²) in [6.45, 7) is 4.05. The van der Waals surface area contributed by atoms with Crippen LogP contribution < -0.4 is 5.32 Å². The summed E-state index contributed by atoms with van der Waals surface area (Å²) < 4.78 is 1.95. The van der Waals surface area contributed by atoms with E-state index in [9.17, 15) is 0 Å². The molecule has 0 unspecified atom stereocenters. The molecular formula is C8H15N3. The Kier molecular flexibility index (Phi) is 3.11. The molecule has 3 heteroatoms. The van der Waals surface area contributed by atoms with E-state index in [1.165, 1.54) is 5.69 Å². The lowest BCUT2D eigenvalue weighted by molar-refractivity contribution is 0.641. The molecule has 0 aliphatic heterocycles. The average molecular weight is 153 g/mol. The highest BCUT2D eigenvalue weighted by molar-refractivity contribution is 4.99. The topological polar surface area (TPSA) is 29.9 Å². The van der Waals surface area contributed by atoms with E-state index in [4.69, 9.17) is 0 Å². The van der Waals surface area contributed by atoms with Crippen molar-refractivity contribution in [3.05, 3.63) is 18.0 Å². The molecule has 1 rings (SSSR count). The molecule has 0 saturated carbocycles. The molecule has 1 aromatic heterocycles. The second kappa shape index (κ2) is 4.13. The maximum Gasteiger partial charge on any atom is 0.0637 e. The molecule has 0 fully saturated rings. The van der Waals surface area contributed by atoms with Crippen LogP contribution in [0.25, 0.3) is 0 Å². The summed E-state index contributed by atoms with van der Waals surface area (Å²) in [5, 5.41) is 7.44. The van der Waals surface area contributed by atoms with Crippen LogP contribution in [-0.4, -0.2) is 23.4 Å². The second-order valence-corrected chi connectivity index (χ2v) is 2.52. The van der Waals surface area contributed by atoms with Gasteiger partial charge in [-0.05, 0) is 20.0 Å². The Balaban J connectivity index is 2.44. The van der Waals surface area contributed by atoms with E-state index in [1.54, 1.807) is 0 Å². The highest BCUT2D eigenvalue weighted by atomic mass is 15.3. The van der Waals surface area contributed by atoms with Gasteiger partial charge in [0.15, 0.2) is 0 Å². The Morgan fingerprint density at radius 1 is 1.64 bits per heavy atom. The first-order chi connectivity index (χ1) is 5.36. The number of rotatable bonds is 4. The van der Waals surface area contributed by atoms with E-state index >= 15 is 0 Å². The molecule has 0 atom stereocenters. The molecule has 0 aliphatic carbocycles. The normalized spacial score (nSPS) is 10.4. The van der Waals surface area contributed by atoms with Gasteiger partial charge in [-0.2, -0.15) is 5.10 Å². The van der Waals surface area contributed by atoms with Crippen molar-refractivity contribution in [2.45, 2.75) is 19.9 Å². The van der Waals surface area contributed by atoms with Crippen molar-refractivity contribution in [2.24, 2.45) is 0 Å². The molecule has 0 bridgehead atoms. The van der Waals surface area contributed by atoms with Gasteiger partial charge in [0.25, 0.3) is 0 Å².